The molecule has 1 saturated heterocycles. The number of benzene rings is 2. The second-order valence-electron chi connectivity index (χ2n) is 8.48. The summed E-state index contributed by atoms with van der Waals surface area (Å²) in [5.41, 5.74) is 1.40. The number of carbonyl (C=O) groups excluding carboxylic acids is 2. The third kappa shape index (κ3) is 5.25. The number of hydrogen-bond donors (Lipinski definition) is 1. The number of carbonyl (C=O) groups is 2. The van der Waals surface area contributed by atoms with E-state index in [9.17, 15) is 14.0 Å². The predicted octanol–water partition coefficient (Wildman–Crippen LogP) is 2.81. The molecule has 2 aromatic carbocycles. The molecule has 0 aliphatic carbocycles. The van der Waals surface area contributed by atoms with Crippen LogP contribution in [0.25, 0.3) is 11.1 Å². The number of amides is 2. The zero-order chi connectivity index (χ0) is 24.2. The topological polar surface area (TPSA) is 84.0 Å². The average Bonchev–Trinajstić information content (AvgIpc) is 2.94. The zero-order valence-electron chi connectivity index (χ0n) is 19.0. The molecule has 2 aliphatic rings. The van der Waals surface area contributed by atoms with Crippen LogP contribution in [0.2, 0.25) is 0 Å². The largest absolute Gasteiger partial charge is 0.490 e. The number of aromatic nitrogens is 1. The highest BCUT2D eigenvalue weighted by Gasteiger charge is 2.32. The molecule has 1 atom stereocenters. The smallest absolute Gasteiger partial charge is 0.260 e. The van der Waals surface area contributed by atoms with Crippen LogP contribution >= 0.6 is 0 Å². The van der Waals surface area contributed by atoms with Gasteiger partial charge in [-0.25, -0.2) is 4.98 Å². The Hall–Kier alpha value is -3.98. The number of fused-ring (bicyclic) bond motifs is 2. The number of halogens is 1. The minimum atomic E-state index is -0.583. The van der Waals surface area contributed by atoms with E-state index in [-0.39, 0.29) is 31.0 Å². The number of nitrogens with zero attached hydrogens (tertiary/aromatic N) is 3. The zero-order valence-corrected chi connectivity index (χ0v) is 19.0. The highest BCUT2D eigenvalue weighted by Crippen LogP contribution is 2.32. The number of nitrogens with one attached hydrogen (secondary N) is 1. The van der Waals surface area contributed by atoms with Gasteiger partial charge in [0.25, 0.3) is 5.91 Å². The average molecular weight is 477 g/mol. The van der Waals surface area contributed by atoms with Crippen molar-refractivity contribution < 1.29 is 23.5 Å². The molecule has 2 aliphatic heterocycles. The quantitative estimate of drug-likeness (QED) is 0.583. The second-order valence-corrected chi connectivity index (χ2v) is 8.48. The van der Waals surface area contributed by atoms with Gasteiger partial charge in [0.05, 0.1) is 18.3 Å². The molecule has 2 amide bonds. The van der Waals surface area contributed by atoms with Gasteiger partial charge in [0.1, 0.15) is 18.1 Å². The van der Waals surface area contributed by atoms with Crippen LogP contribution in [0.5, 0.6) is 11.5 Å². The Kier molecular flexibility index (Phi) is 6.58. The first-order chi connectivity index (χ1) is 17.1. The first-order valence-corrected chi connectivity index (χ1v) is 11.4. The summed E-state index contributed by atoms with van der Waals surface area (Å²) in [6, 6.07) is 17.5. The minimum Gasteiger partial charge on any atom is -0.490 e. The molecule has 0 spiro atoms. The Morgan fingerprint density at radius 3 is 2.83 bits per heavy atom. The Balaban J connectivity index is 1.28. The monoisotopic (exact) mass is 476 g/mol. The van der Waals surface area contributed by atoms with Gasteiger partial charge in [-0.1, -0.05) is 24.3 Å². The minimum absolute atomic E-state index is 0.0470. The van der Waals surface area contributed by atoms with Gasteiger partial charge in [-0.3, -0.25) is 14.5 Å². The van der Waals surface area contributed by atoms with Crippen molar-refractivity contribution in [3.8, 4) is 22.6 Å². The van der Waals surface area contributed by atoms with Gasteiger partial charge < -0.3 is 19.7 Å². The normalized spacial score (nSPS) is 18.1. The fourth-order valence-electron chi connectivity index (χ4n) is 4.32. The first kappa shape index (κ1) is 22.8. The number of para-hydroxylation sites is 1. The van der Waals surface area contributed by atoms with Crippen molar-refractivity contribution in [3.05, 3.63) is 72.8 Å². The third-order valence-electron chi connectivity index (χ3n) is 6.16. The van der Waals surface area contributed by atoms with Crippen molar-refractivity contribution in [2.24, 2.45) is 0 Å². The number of anilines is 1. The van der Waals surface area contributed by atoms with Crippen molar-refractivity contribution in [3.63, 3.8) is 0 Å². The molecule has 0 unspecified atom stereocenters. The fraction of sp³-hybridized carbons (Fsp3) is 0.269. The molecule has 180 valence electrons. The molecular formula is C26H25FN4O4. The SMILES string of the molecule is O=C1CN2CCN(C(=O)COc3ccccc3)C[C@@H]2COc2ccc(-c3cccnc3F)cc2N1. The fourth-order valence-corrected chi connectivity index (χ4v) is 4.32. The summed E-state index contributed by atoms with van der Waals surface area (Å²) >= 11 is 0. The van der Waals surface area contributed by atoms with Crippen LogP contribution in [-0.4, -0.2) is 72.0 Å². The molecule has 1 aromatic heterocycles. The molecule has 0 radical (unpaired) electrons. The van der Waals surface area contributed by atoms with E-state index in [1.54, 1.807) is 35.2 Å². The summed E-state index contributed by atoms with van der Waals surface area (Å²) in [6.07, 6.45) is 1.39. The summed E-state index contributed by atoms with van der Waals surface area (Å²) in [5, 5.41) is 2.89. The Morgan fingerprint density at radius 2 is 2.00 bits per heavy atom. The number of rotatable bonds is 4. The maximum atomic E-state index is 14.2. The Morgan fingerprint density at radius 1 is 1.14 bits per heavy atom. The highest BCUT2D eigenvalue weighted by atomic mass is 19.1. The van der Waals surface area contributed by atoms with Crippen LogP contribution in [0.15, 0.2) is 66.9 Å². The summed E-state index contributed by atoms with van der Waals surface area (Å²) in [4.78, 5) is 33.0. The van der Waals surface area contributed by atoms with Crippen molar-refractivity contribution in [1.29, 1.82) is 0 Å². The molecule has 8 nitrogen and oxygen atoms in total. The van der Waals surface area contributed by atoms with E-state index < -0.39 is 5.95 Å². The molecule has 0 saturated carbocycles. The summed E-state index contributed by atoms with van der Waals surface area (Å²) in [7, 11) is 0. The lowest BCUT2D eigenvalue weighted by molar-refractivity contribution is -0.137. The molecular weight excluding hydrogens is 451 g/mol. The maximum absolute atomic E-state index is 14.2. The lowest BCUT2D eigenvalue weighted by atomic mass is 10.1. The summed E-state index contributed by atoms with van der Waals surface area (Å²) in [5.74, 6) is 0.244. The van der Waals surface area contributed by atoms with E-state index in [4.69, 9.17) is 9.47 Å². The van der Waals surface area contributed by atoms with Crippen LogP contribution < -0.4 is 14.8 Å². The Bertz CT molecular complexity index is 1220. The van der Waals surface area contributed by atoms with Gasteiger partial charge in [0.2, 0.25) is 11.9 Å². The first-order valence-electron chi connectivity index (χ1n) is 11.4. The van der Waals surface area contributed by atoms with Gasteiger partial charge in [-0.2, -0.15) is 4.39 Å². The number of pyridine rings is 1. The van der Waals surface area contributed by atoms with E-state index in [2.05, 4.69) is 10.3 Å². The lowest BCUT2D eigenvalue weighted by Gasteiger charge is -2.40. The number of piperazine rings is 1. The number of hydrogen-bond acceptors (Lipinski definition) is 6. The van der Waals surface area contributed by atoms with E-state index >= 15 is 0 Å². The van der Waals surface area contributed by atoms with Gasteiger partial charge >= 0.3 is 0 Å². The molecule has 3 aromatic rings. The van der Waals surface area contributed by atoms with Crippen LogP contribution in [0, 0.1) is 5.95 Å². The van der Waals surface area contributed by atoms with Gasteiger partial charge in [-0.05, 0) is 42.0 Å². The van der Waals surface area contributed by atoms with Crippen LogP contribution in [0.1, 0.15) is 0 Å². The van der Waals surface area contributed by atoms with E-state index in [0.29, 0.717) is 54.6 Å². The molecule has 1 N–H and O–H groups in total. The standard InChI is InChI=1S/C26H25FN4O4/c27-26-21(7-4-10-28-26)18-8-9-23-22(13-18)29-24(32)15-30-11-12-31(14-19(30)16-35-23)25(33)17-34-20-5-2-1-3-6-20/h1-10,13,19H,11-12,14-17H2,(H,29,32)/t19-/m1/s1. The van der Waals surface area contributed by atoms with Gasteiger partial charge in [0.15, 0.2) is 6.61 Å². The molecule has 9 heteroatoms. The summed E-state index contributed by atoms with van der Waals surface area (Å²) in [6.45, 7) is 1.89. The van der Waals surface area contributed by atoms with Gasteiger partial charge in [-0.15, -0.1) is 0 Å². The summed E-state index contributed by atoms with van der Waals surface area (Å²) < 4.78 is 25.9. The van der Waals surface area contributed by atoms with Crippen molar-refractivity contribution >= 4 is 17.5 Å². The molecule has 0 bridgehead atoms. The van der Waals surface area contributed by atoms with Crippen LogP contribution in [0.3, 0.4) is 0 Å². The predicted molar refractivity (Wildman–Crippen MR) is 128 cm³/mol. The lowest BCUT2D eigenvalue weighted by Crippen LogP contribution is -2.58. The highest BCUT2D eigenvalue weighted by molar-refractivity contribution is 5.94. The molecule has 35 heavy (non-hydrogen) atoms. The van der Waals surface area contributed by atoms with E-state index in [1.165, 1.54) is 6.20 Å². The third-order valence-corrected chi connectivity index (χ3v) is 6.16. The number of ether oxygens (including phenoxy) is 2. The Labute approximate surface area is 202 Å². The van der Waals surface area contributed by atoms with Gasteiger partial charge in [0, 0.05) is 31.4 Å². The van der Waals surface area contributed by atoms with E-state index in [1.807, 2.05) is 35.2 Å². The molecule has 3 heterocycles. The van der Waals surface area contributed by atoms with Crippen LogP contribution in [-0.2, 0) is 9.59 Å². The van der Waals surface area contributed by atoms with Crippen molar-refractivity contribution in [2.45, 2.75) is 6.04 Å². The molecule has 5 rings (SSSR count). The molecule has 1 fully saturated rings. The van der Waals surface area contributed by atoms with Crippen molar-refractivity contribution in [1.82, 2.24) is 14.8 Å². The maximum Gasteiger partial charge on any atom is 0.260 e. The van der Waals surface area contributed by atoms with E-state index in [0.717, 1.165) is 0 Å². The van der Waals surface area contributed by atoms with Crippen LogP contribution in [0.4, 0.5) is 10.1 Å². The van der Waals surface area contributed by atoms with Crippen molar-refractivity contribution in [2.75, 3.05) is 44.7 Å². The second kappa shape index (κ2) is 10.1.